The summed E-state index contributed by atoms with van der Waals surface area (Å²) in [6.07, 6.45) is 3.45. The Bertz CT molecular complexity index is 480. The van der Waals surface area contributed by atoms with Crippen molar-refractivity contribution in [3.05, 3.63) is 23.8 Å². The summed E-state index contributed by atoms with van der Waals surface area (Å²) in [5.41, 5.74) is 6.49. The van der Waals surface area contributed by atoms with Crippen molar-refractivity contribution in [3.63, 3.8) is 0 Å². The van der Waals surface area contributed by atoms with Crippen molar-refractivity contribution in [2.75, 3.05) is 13.2 Å². The van der Waals surface area contributed by atoms with Gasteiger partial charge in [0.05, 0.1) is 0 Å². The first kappa shape index (κ1) is 11.5. The predicted octanol–water partition coefficient (Wildman–Crippen LogP) is 1.91. The Labute approximate surface area is 106 Å². The fourth-order valence-electron chi connectivity index (χ4n) is 2.45. The highest BCUT2D eigenvalue weighted by Gasteiger charge is 2.35. The predicted molar refractivity (Wildman–Crippen MR) is 67.1 cm³/mol. The Hall–Kier alpha value is -1.55. The highest BCUT2D eigenvalue weighted by atomic mass is 16.6. The number of fused-ring (bicyclic) bond motifs is 1. The van der Waals surface area contributed by atoms with Gasteiger partial charge in [-0.3, -0.25) is 4.79 Å². The Kier molecular flexibility index (Phi) is 2.74. The molecule has 2 N–H and O–H groups in total. The first-order valence-electron chi connectivity index (χ1n) is 6.38. The average Bonchev–Trinajstić information content (AvgIpc) is 2.36. The van der Waals surface area contributed by atoms with Crippen LogP contribution in [0.5, 0.6) is 11.5 Å². The van der Waals surface area contributed by atoms with Crippen LogP contribution in [-0.4, -0.2) is 24.5 Å². The molecule has 0 atom stereocenters. The van der Waals surface area contributed by atoms with Crippen LogP contribution >= 0.6 is 0 Å². The number of Topliss-reactive ketones (excluding diaryl/α,β-unsaturated/α-hetero) is 1. The number of carbonyl (C=O) groups is 1. The average molecular weight is 247 g/mol. The second kappa shape index (κ2) is 4.28. The normalized spacial score (nSPS) is 20.1. The van der Waals surface area contributed by atoms with Gasteiger partial charge in [-0.2, -0.15) is 0 Å². The molecule has 1 aliphatic carbocycles. The number of ketones is 1. The topological polar surface area (TPSA) is 61.6 Å². The largest absolute Gasteiger partial charge is 0.486 e. The van der Waals surface area contributed by atoms with Gasteiger partial charge in [0.25, 0.3) is 0 Å². The minimum atomic E-state index is -0.273. The van der Waals surface area contributed by atoms with Crippen LogP contribution in [0, 0.1) is 0 Å². The lowest BCUT2D eigenvalue weighted by atomic mass is 9.74. The van der Waals surface area contributed by atoms with Crippen LogP contribution in [0.2, 0.25) is 0 Å². The maximum atomic E-state index is 12.2. The fraction of sp³-hybridized carbons (Fsp3) is 0.500. The monoisotopic (exact) mass is 247 g/mol. The first-order valence-corrected chi connectivity index (χ1v) is 6.38. The molecule has 96 valence electrons. The van der Waals surface area contributed by atoms with E-state index in [0.717, 1.165) is 19.3 Å². The standard InChI is InChI=1S/C14H17NO3/c15-14(4-1-5-14)9-11(16)10-2-3-12-13(8-10)18-7-6-17-12/h2-3,8H,1,4-7,9,15H2. The van der Waals surface area contributed by atoms with Crippen molar-refractivity contribution >= 4 is 5.78 Å². The van der Waals surface area contributed by atoms with E-state index >= 15 is 0 Å². The van der Waals surface area contributed by atoms with Gasteiger partial charge in [0, 0.05) is 17.5 Å². The number of nitrogens with two attached hydrogens (primary N) is 1. The molecule has 0 unspecified atom stereocenters. The summed E-state index contributed by atoms with van der Waals surface area (Å²) in [5, 5.41) is 0. The molecule has 0 radical (unpaired) electrons. The number of ether oxygens (including phenoxy) is 2. The quantitative estimate of drug-likeness (QED) is 0.829. The van der Waals surface area contributed by atoms with Gasteiger partial charge in [-0.25, -0.2) is 0 Å². The van der Waals surface area contributed by atoms with Gasteiger partial charge in [-0.1, -0.05) is 0 Å². The van der Waals surface area contributed by atoms with E-state index < -0.39 is 0 Å². The Morgan fingerprint density at radius 1 is 1.22 bits per heavy atom. The van der Waals surface area contributed by atoms with Gasteiger partial charge in [0.15, 0.2) is 17.3 Å². The maximum Gasteiger partial charge on any atom is 0.164 e. The lowest BCUT2D eigenvalue weighted by Gasteiger charge is -2.37. The molecule has 18 heavy (non-hydrogen) atoms. The van der Waals surface area contributed by atoms with E-state index in [1.165, 1.54) is 0 Å². The summed E-state index contributed by atoms with van der Waals surface area (Å²) in [5.74, 6) is 1.46. The van der Waals surface area contributed by atoms with E-state index in [4.69, 9.17) is 15.2 Å². The molecular formula is C14H17NO3. The number of hydrogen-bond donors (Lipinski definition) is 1. The molecule has 0 aromatic heterocycles. The molecule has 0 saturated heterocycles. The van der Waals surface area contributed by atoms with Gasteiger partial charge in [0.1, 0.15) is 13.2 Å². The highest BCUT2D eigenvalue weighted by Crippen LogP contribution is 2.35. The SMILES string of the molecule is NC1(CC(=O)c2ccc3c(c2)OCCO3)CCC1. The van der Waals surface area contributed by atoms with Crippen LogP contribution in [0.15, 0.2) is 18.2 Å². The van der Waals surface area contributed by atoms with Gasteiger partial charge in [0.2, 0.25) is 0 Å². The lowest BCUT2D eigenvalue weighted by molar-refractivity contribution is 0.0911. The summed E-state index contributed by atoms with van der Waals surface area (Å²) >= 11 is 0. The zero-order valence-corrected chi connectivity index (χ0v) is 10.3. The second-order valence-electron chi connectivity index (χ2n) is 5.17. The van der Waals surface area contributed by atoms with Gasteiger partial charge >= 0.3 is 0 Å². The van der Waals surface area contributed by atoms with E-state index in [2.05, 4.69) is 0 Å². The summed E-state index contributed by atoms with van der Waals surface area (Å²) in [6, 6.07) is 5.35. The summed E-state index contributed by atoms with van der Waals surface area (Å²) < 4.78 is 10.9. The zero-order chi connectivity index (χ0) is 12.6. The molecular weight excluding hydrogens is 230 g/mol. The number of carbonyl (C=O) groups excluding carboxylic acids is 1. The molecule has 1 saturated carbocycles. The molecule has 0 spiro atoms. The number of benzene rings is 1. The molecule has 0 amide bonds. The second-order valence-corrected chi connectivity index (χ2v) is 5.17. The molecule has 1 fully saturated rings. The van der Waals surface area contributed by atoms with Crippen molar-refractivity contribution in [1.82, 2.24) is 0 Å². The first-order chi connectivity index (χ1) is 8.66. The third-order valence-electron chi connectivity index (χ3n) is 3.73. The van der Waals surface area contributed by atoms with Gasteiger partial charge in [-0.15, -0.1) is 0 Å². The highest BCUT2D eigenvalue weighted by molar-refractivity contribution is 5.97. The number of rotatable bonds is 3. The van der Waals surface area contributed by atoms with E-state index in [9.17, 15) is 4.79 Å². The minimum absolute atomic E-state index is 0.0918. The van der Waals surface area contributed by atoms with Crippen LogP contribution in [0.3, 0.4) is 0 Å². The molecule has 0 bridgehead atoms. The molecule has 1 aliphatic heterocycles. The van der Waals surface area contributed by atoms with Crippen molar-refractivity contribution < 1.29 is 14.3 Å². The van der Waals surface area contributed by atoms with Crippen LogP contribution in [0.4, 0.5) is 0 Å². The van der Waals surface area contributed by atoms with E-state index in [1.807, 2.05) is 0 Å². The molecule has 3 rings (SSSR count). The Morgan fingerprint density at radius 3 is 2.61 bits per heavy atom. The van der Waals surface area contributed by atoms with E-state index in [1.54, 1.807) is 18.2 Å². The Balaban J connectivity index is 1.77. The third-order valence-corrected chi connectivity index (χ3v) is 3.73. The van der Waals surface area contributed by atoms with Gasteiger partial charge < -0.3 is 15.2 Å². The van der Waals surface area contributed by atoms with Crippen molar-refractivity contribution in [2.24, 2.45) is 5.73 Å². The zero-order valence-electron chi connectivity index (χ0n) is 10.3. The maximum absolute atomic E-state index is 12.2. The number of hydrogen-bond acceptors (Lipinski definition) is 4. The molecule has 2 aliphatic rings. The van der Waals surface area contributed by atoms with Gasteiger partial charge in [-0.05, 0) is 37.5 Å². The van der Waals surface area contributed by atoms with E-state index in [0.29, 0.717) is 36.7 Å². The molecule has 1 aromatic rings. The molecule has 1 heterocycles. The van der Waals surface area contributed by atoms with Crippen LogP contribution < -0.4 is 15.2 Å². The lowest BCUT2D eigenvalue weighted by Crippen LogP contribution is -2.48. The molecule has 1 aromatic carbocycles. The minimum Gasteiger partial charge on any atom is -0.486 e. The van der Waals surface area contributed by atoms with Crippen molar-refractivity contribution in [2.45, 2.75) is 31.2 Å². The van der Waals surface area contributed by atoms with Crippen LogP contribution in [0.1, 0.15) is 36.0 Å². The molecule has 4 nitrogen and oxygen atoms in total. The summed E-state index contributed by atoms with van der Waals surface area (Å²) in [4.78, 5) is 12.2. The van der Waals surface area contributed by atoms with Crippen LogP contribution in [-0.2, 0) is 0 Å². The van der Waals surface area contributed by atoms with E-state index in [-0.39, 0.29) is 11.3 Å². The van der Waals surface area contributed by atoms with Crippen LogP contribution in [0.25, 0.3) is 0 Å². The van der Waals surface area contributed by atoms with Crippen molar-refractivity contribution in [1.29, 1.82) is 0 Å². The summed E-state index contributed by atoms with van der Waals surface area (Å²) in [7, 11) is 0. The smallest absolute Gasteiger partial charge is 0.164 e. The summed E-state index contributed by atoms with van der Waals surface area (Å²) in [6.45, 7) is 1.09. The molecule has 4 heteroatoms. The van der Waals surface area contributed by atoms with Crippen molar-refractivity contribution in [3.8, 4) is 11.5 Å². The third kappa shape index (κ3) is 2.08. The Morgan fingerprint density at radius 2 is 1.94 bits per heavy atom. The fourth-order valence-corrected chi connectivity index (χ4v) is 2.45.